The van der Waals surface area contributed by atoms with Gasteiger partial charge in [-0.15, -0.1) is 0 Å². The Morgan fingerprint density at radius 3 is 2.58 bits per heavy atom. The number of nitrogens with two attached hydrogens (primary N) is 1. The molecule has 0 saturated carbocycles. The smallest absolute Gasteiger partial charge is 0.255 e. The highest BCUT2D eigenvalue weighted by Crippen LogP contribution is 2.24. The molecule has 0 heterocycles. The number of carbonyl (C=O) groups is 1. The highest BCUT2D eigenvalue weighted by atomic mass is 79.9. The fourth-order valence-corrected chi connectivity index (χ4v) is 2.30. The second-order valence-corrected chi connectivity index (χ2v) is 5.54. The Morgan fingerprint density at radius 1 is 1.32 bits per heavy atom. The molecule has 2 N–H and O–H groups in total. The third-order valence-electron chi connectivity index (χ3n) is 2.96. The average molecular weight is 328 g/mol. The van der Waals surface area contributed by atoms with Crippen LogP contribution in [0.15, 0.2) is 22.7 Å². The van der Waals surface area contributed by atoms with E-state index in [0.29, 0.717) is 22.3 Å². The molecule has 5 heteroatoms. The molecule has 1 aromatic rings. The zero-order chi connectivity index (χ0) is 14.4. The van der Waals surface area contributed by atoms with Crippen LogP contribution < -0.4 is 5.73 Å². The van der Waals surface area contributed by atoms with Gasteiger partial charge in [0.05, 0.1) is 10.0 Å². The quantitative estimate of drug-likeness (QED) is 0.816. The van der Waals surface area contributed by atoms with Crippen molar-refractivity contribution >= 4 is 27.5 Å². The number of carbonyl (C=O) groups excluding carboxylic acids is 1. The summed E-state index contributed by atoms with van der Waals surface area (Å²) < 4.78 is 0.686. The molecule has 19 heavy (non-hydrogen) atoms. The van der Waals surface area contributed by atoms with E-state index in [2.05, 4.69) is 20.8 Å². The maximum absolute atomic E-state index is 12.5. The van der Waals surface area contributed by atoms with Crippen molar-refractivity contribution in [1.29, 1.82) is 0 Å². The fourth-order valence-electron chi connectivity index (χ4n) is 1.87. The molecule has 1 aromatic carbocycles. The van der Waals surface area contributed by atoms with Crippen LogP contribution in [0.25, 0.3) is 0 Å². The maximum Gasteiger partial charge on any atom is 0.255 e. The fraction of sp³-hybridized carbons (Fsp3) is 0.500. The summed E-state index contributed by atoms with van der Waals surface area (Å²) in [6.07, 6.45) is 0.965. The lowest BCUT2D eigenvalue weighted by atomic mass is 10.1. The molecule has 0 aromatic heterocycles. The van der Waals surface area contributed by atoms with E-state index in [1.807, 2.05) is 25.9 Å². The van der Waals surface area contributed by atoms with Crippen LogP contribution in [0.1, 0.15) is 23.7 Å². The van der Waals surface area contributed by atoms with Crippen LogP contribution in [-0.4, -0.2) is 49.4 Å². The van der Waals surface area contributed by atoms with Crippen molar-refractivity contribution in [3.63, 3.8) is 0 Å². The van der Waals surface area contributed by atoms with E-state index in [9.17, 15) is 4.79 Å². The Bertz CT molecular complexity index is 435. The Hall–Kier alpha value is -1.07. The number of halogens is 1. The highest BCUT2D eigenvalue weighted by molar-refractivity contribution is 9.10. The molecule has 106 valence electrons. The third kappa shape index (κ3) is 4.51. The van der Waals surface area contributed by atoms with E-state index in [4.69, 9.17) is 5.73 Å². The number of rotatable bonds is 6. The number of hydrogen-bond acceptors (Lipinski definition) is 3. The van der Waals surface area contributed by atoms with E-state index < -0.39 is 0 Å². The number of amides is 1. The number of benzene rings is 1. The summed E-state index contributed by atoms with van der Waals surface area (Å²) in [5.41, 5.74) is 7.04. The minimum Gasteiger partial charge on any atom is -0.398 e. The lowest BCUT2D eigenvalue weighted by molar-refractivity contribution is 0.0758. The highest BCUT2D eigenvalue weighted by Gasteiger charge is 2.17. The van der Waals surface area contributed by atoms with Crippen molar-refractivity contribution in [3.05, 3.63) is 28.2 Å². The summed E-state index contributed by atoms with van der Waals surface area (Å²) in [6.45, 7) is 4.43. The molecule has 4 nitrogen and oxygen atoms in total. The van der Waals surface area contributed by atoms with Gasteiger partial charge < -0.3 is 15.5 Å². The molecule has 0 saturated heterocycles. The molecule has 0 fully saturated rings. The minimum absolute atomic E-state index is 0.0282. The van der Waals surface area contributed by atoms with Gasteiger partial charge in [0, 0.05) is 18.8 Å². The van der Waals surface area contributed by atoms with Gasteiger partial charge in [-0.1, -0.05) is 6.07 Å². The van der Waals surface area contributed by atoms with Crippen LogP contribution in [0, 0.1) is 0 Å². The van der Waals surface area contributed by atoms with Crippen LogP contribution in [0.4, 0.5) is 5.69 Å². The first kappa shape index (κ1) is 16.0. The largest absolute Gasteiger partial charge is 0.398 e. The second-order valence-electron chi connectivity index (χ2n) is 4.75. The van der Waals surface area contributed by atoms with E-state index in [1.165, 1.54) is 0 Å². The van der Waals surface area contributed by atoms with E-state index in [0.717, 1.165) is 19.5 Å². The first-order chi connectivity index (χ1) is 8.97. The van der Waals surface area contributed by atoms with Crippen LogP contribution >= 0.6 is 15.9 Å². The predicted molar refractivity (Wildman–Crippen MR) is 83.3 cm³/mol. The molecular weight excluding hydrogens is 306 g/mol. The molecular formula is C14H22BrN3O. The normalized spacial score (nSPS) is 10.8. The summed E-state index contributed by atoms with van der Waals surface area (Å²) in [4.78, 5) is 16.4. The Labute approximate surface area is 123 Å². The number of anilines is 1. The number of hydrogen-bond donors (Lipinski definition) is 1. The topological polar surface area (TPSA) is 49.6 Å². The van der Waals surface area contributed by atoms with Crippen molar-refractivity contribution in [2.24, 2.45) is 0 Å². The third-order valence-corrected chi connectivity index (χ3v) is 3.85. The van der Waals surface area contributed by atoms with Gasteiger partial charge in [-0.2, -0.15) is 0 Å². The molecule has 0 spiro atoms. The van der Waals surface area contributed by atoms with Crippen molar-refractivity contribution in [2.45, 2.75) is 13.3 Å². The molecule has 1 amide bonds. The van der Waals surface area contributed by atoms with Crippen LogP contribution in [0.5, 0.6) is 0 Å². The van der Waals surface area contributed by atoms with Gasteiger partial charge in [-0.25, -0.2) is 0 Å². The van der Waals surface area contributed by atoms with Crippen LogP contribution in [-0.2, 0) is 0 Å². The molecule has 0 aliphatic heterocycles. The Balaban J connectivity index is 2.75. The lowest BCUT2D eigenvalue weighted by Gasteiger charge is -2.22. The van der Waals surface area contributed by atoms with E-state index in [1.54, 1.807) is 18.2 Å². The molecule has 0 aliphatic carbocycles. The second kappa shape index (κ2) is 7.50. The van der Waals surface area contributed by atoms with Crippen LogP contribution in [0.3, 0.4) is 0 Å². The number of nitrogens with zero attached hydrogens (tertiary/aromatic N) is 2. The van der Waals surface area contributed by atoms with Gasteiger partial charge >= 0.3 is 0 Å². The van der Waals surface area contributed by atoms with E-state index >= 15 is 0 Å². The Morgan fingerprint density at radius 2 is 2.00 bits per heavy atom. The van der Waals surface area contributed by atoms with Crippen molar-refractivity contribution < 1.29 is 4.79 Å². The summed E-state index contributed by atoms with van der Waals surface area (Å²) in [5, 5.41) is 0. The van der Waals surface area contributed by atoms with Gasteiger partial charge in [0.1, 0.15) is 0 Å². The van der Waals surface area contributed by atoms with E-state index in [-0.39, 0.29) is 5.91 Å². The standard InChI is InChI=1S/C14H22BrN3O/c1-4-18(10-6-9-17(2)3)14(19)11-7-5-8-12(16)13(11)15/h5,7-8H,4,6,9-10,16H2,1-3H3. The first-order valence-corrected chi connectivity index (χ1v) is 7.24. The molecule has 0 unspecified atom stereocenters. The SMILES string of the molecule is CCN(CCCN(C)C)C(=O)c1cccc(N)c1Br. The van der Waals surface area contributed by atoms with Crippen molar-refractivity contribution in [2.75, 3.05) is 39.5 Å². The van der Waals surface area contributed by atoms with Crippen molar-refractivity contribution in [3.8, 4) is 0 Å². The molecule has 0 radical (unpaired) electrons. The predicted octanol–water partition coefficient (Wildman–Crippen LogP) is 2.45. The van der Waals surface area contributed by atoms with Crippen LogP contribution in [0.2, 0.25) is 0 Å². The summed E-state index contributed by atoms with van der Waals surface area (Å²) in [7, 11) is 4.07. The zero-order valence-corrected chi connectivity index (χ0v) is 13.4. The van der Waals surface area contributed by atoms with Gasteiger partial charge in [-0.3, -0.25) is 4.79 Å². The van der Waals surface area contributed by atoms with Crippen molar-refractivity contribution in [1.82, 2.24) is 9.80 Å². The first-order valence-electron chi connectivity index (χ1n) is 6.45. The Kier molecular flexibility index (Phi) is 6.31. The molecule has 0 atom stereocenters. The monoisotopic (exact) mass is 327 g/mol. The summed E-state index contributed by atoms with van der Waals surface area (Å²) in [6, 6.07) is 5.39. The van der Waals surface area contributed by atoms with Gasteiger partial charge in [0.2, 0.25) is 0 Å². The number of nitrogen functional groups attached to an aromatic ring is 1. The minimum atomic E-state index is 0.0282. The molecule has 0 bridgehead atoms. The van der Waals surface area contributed by atoms with Gasteiger partial charge in [0.25, 0.3) is 5.91 Å². The summed E-state index contributed by atoms with van der Waals surface area (Å²) in [5.74, 6) is 0.0282. The summed E-state index contributed by atoms with van der Waals surface area (Å²) >= 11 is 3.39. The molecule has 0 aliphatic rings. The van der Waals surface area contributed by atoms with Gasteiger partial charge in [-0.05, 0) is 62.0 Å². The lowest BCUT2D eigenvalue weighted by Crippen LogP contribution is -2.33. The van der Waals surface area contributed by atoms with Gasteiger partial charge in [0.15, 0.2) is 0 Å². The average Bonchev–Trinajstić information content (AvgIpc) is 2.37. The molecule has 1 rings (SSSR count). The zero-order valence-electron chi connectivity index (χ0n) is 11.8. The maximum atomic E-state index is 12.5.